The Hall–Kier alpha value is 3.53. The fourth-order valence-electron chi connectivity index (χ4n) is 2.40. The predicted octanol–water partition coefficient (Wildman–Crippen LogP) is 11.1. The van der Waals surface area contributed by atoms with Crippen molar-refractivity contribution in [2.45, 2.75) is 37.2 Å². The highest BCUT2D eigenvalue weighted by molar-refractivity contribution is 6.77. The third kappa shape index (κ3) is 7.10. The van der Waals surface area contributed by atoms with Crippen LogP contribution >= 0.6 is 174 Å². The molecule has 0 spiro atoms. The van der Waals surface area contributed by atoms with Crippen LogP contribution < -0.4 is 0 Å². The number of hydrogen-bond donors (Lipinski definition) is 0. The predicted molar refractivity (Wildman–Crippen MR) is 141 cm³/mol. The molecule has 1 rings (SSSR count). The molecule has 0 heterocycles. The summed E-state index contributed by atoms with van der Waals surface area (Å²) in [6.45, 7) is -0.500. The zero-order valence-corrected chi connectivity index (χ0v) is 25.7. The van der Waals surface area contributed by atoms with Crippen LogP contribution in [0.25, 0.3) is 0 Å². The van der Waals surface area contributed by atoms with E-state index in [9.17, 15) is 5.11 Å². The molecule has 31 heavy (non-hydrogen) atoms. The fraction of sp³-hybridized carbons (Fsp3) is 0.600. The van der Waals surface area contributed by atoms with Gasteiger partial charge >= 0.3 is 0 Å². The van der Waals surface area contributed by atoms with Crippen LogP contribution in [0.3, 0.4) is 0 Å². The van der Waals surface area contributed by atoms with Gasteiger partial charge in [-0.3, -0.25) is 0 Å². The van der Waals surface area contributed by atoms with Gasteiger partial charge in [0, 0.05) is 0 Å². The summed E-state index contributed by atoms with van der Waals surface area (Å²) in [4.78, 5) is 0. The molecule has 0 atom stereocenters. The van der Waals surface area contributed by atoms with Crippen molar-refractivity contribution in [3.63, 3.8) is 0 Å². The van der Waals surface area contributed by atoms with Crippen molar-refractivity contribution < 1.29 is 5.11 Å². The van der Waals surface area contributed by atoms with E-state index in [1.165, 1.54) is 12.1 Å². The third-order valence-electron chi connectivity index (χ3n) is 3.93. The second kappa shape index (κ2) is 11.1. The molecule has 1 aromatic rings. The molecule has 0 unspecified atom stereocenters. The van der Waals surface area contributed by atoms with Gasteiger partial charge in [-0.1, -0.05) is 174 Å². The van der Waals surface area contributed by atoms with Crippen LogP contribution in [0, 0.1) is 0 Å². The first-order chi connectivity index (χ1) is 13.5. The quantitative estimate of drug-likeness (QED) is 0.259. The standard InChI is InChI=1S/C15H8Cl15O/c16-10(17,13(22,23)24)6-4-8(11(18,19)14(25,26)27)7(2-1-3-31)9(5-6)12(20,21)15(28,29)30/h4-5H,1-3H2. The maximum atomic E-state index is 11.2. The molecule has 0 bridgehead atoms. The molecule has 0 aliphatic rings. The number of rotatable bonds is 6. The van der Waals surface area contributed by atoms with Gasteiger partial charge in [-0.05, 0) is 47.2 Å². The minimum atomic E-state index is -2.32. The van der Waals surface area contributed by atoms with E-state index in [-0.39, 0.29) is 35.1 Å². The smallest absolute Gasteiger partial charge is 0.227 e. The molecule has 1 nitrogen and oxygen atoms in total. The Morgan fingerprint density at radius 2 is 0.871 bits per heavy atom. The Labute approximate surface area is 254 Å². The number of halogens is 15. The van der Waals surface area contributed by atoms with E-state index in [1.807, 2.05) is 0 Å². The van der Waals surface area contributed by atoms with Crippen molar-refractivity contribution in [1.29, 1.82) is 0 Å². The van der Waals surface area contributed by atoms with Gasteiger partial charge in [0.1, 0.15) is 0 Å². The van der Waals surface area contributed by atoms with E-state index in [0.717, 1.165) is 0 Å². The maximum Gasteiger partial charge on any atom is 0.227 e. The summed E-state index contributed by atoms with van der Waals surface area (Å²) in [5.41, 5.74) is -0.222. The zero-order chi connectivity index (χ0) is 24.8. The molecule has 0 aliphatic heterocycles. The molecule has 0 aliphatic carbocycles. The highest BCUT2D eigenvalue weighted by Crippen LogP contribution is 2.61. The van der Waals surface area contributed by atoms with Crippen molar-refractivity contribution >= 4 is 174 Å². The molecule has 0 amide bonds. The topological polar surface area (TPSA) is 19.9 Å². The third-order valence-corrected chi connectivity index (χ3v) is 11.2. The Balaban J connectivity index is 4.20. The van der Waals surface area contributed by atoms with Gasteiger partial charge in [-0.2, -0.15) is 0 Å². The number of alkyl halides is 15. The molecule has 0 aromatic heterocycles. The lowest BCUT2D eigenvalue weighted by atomic mass is 9.89. The van der Waals surface area contributed by atoms with Crippen molar-refractivity contribution in [2.75, 3.05) is 6.61 Å². The SMILES string of the molecule is [O]CCCc1c(C(Cl)(Cl)C(Cl)(Cl)Cl)cc(C(Cl)(Cl)C(Cl)(Cl)Cl)cc1C(Cl)(Cl)C(Cl)(Cl)Cl. The van der Waals surface area contributed by atoms with E-state index >= 15 is 0 Å². The zero-order valence-electron chi connectivity index (χ0n) is 14.4. The van der Waals surface area contributed by atoms with Gasteiger partial charge in [-0.25, -0.2) is 5.11 Å². The molecule has 0 fully saturated rings. The van der Waals surface area contributed by atoms with Crippen LogP contribution in [-0.2, 0) is 24.5 Å². The van der Waals surface area contributed by atoms with E-state index in [1.54, 1.807) is 0 Å². The molecule has 0 saturated heterocycles. The Morgan fingerprint density at radius 3 is 1.13 bits per heavy atom. The molecule has 0 saturated carbocycles. The minimum Gasteiger partial charge on any atom is -0.237 e. The van der Waals surface area contributed by atoms with E-state index in [0.29, 0.717) is 0 Å². The van der Waals surface area contributed by atoms with Gasteiger partial charge in [0.25, 0.3) is 0 Å². The monoisotopic (exact) mass is 729 g/mol. The normalized spacial score (nSPS) is 14.8. The maximum absolute atomic E-state index is 11.2. The summed E-state index contributed by atoms with van der Waals surface area (Å²) in [7, 11) is 0. The summed E-state index contributed by atoms with van der Waals surface area (Å²) < 4.78 is -13.7. The highest BCUT2D eigenvalue weighted by Gasteiger charge is 2.55. The molecule has 0 N–H and O–H groups in total. The second-order valence-electron chi connectivity index (χ2n) is 6.07. The van der Waals surface area contributed by atoms with Gasteiger partial charge in [-0.15, -0.1) is 0 Å². The molecular weight excluding hydrogens is 728 g/mol. The van der Waals surface area contributed by atoms with Crippen molar-refractivity contribution in [3.05, 3.63) is 34.4 Å². The molecular formula is C15H8Cl15O. The lowest BCUT2D eigenvalue weighted by Gasteiger charge is -2.37. The molecule has 16 heteroatoms. The Kier molecular flexibility index (Phi) is 11.7. The van der Waals surface area contributed by atoms with E-state index in [4.69, 9.17) is 174 Å². The highest BCUT2D eigenvalue weighted by atomic mass is 35.6. The van der Waals surface area contributed by atoms with Crippen LogP contribution in [0.5, 0.6) is 0 Å². The summed E-state index contributed by atoms with van der Waals surface area (Å²) >= 11 is 92.1. The second-order valence-corrected chi connectivity index (χ2v) is 16.9. The van der Waals surface area contributed by atoms with Gasteiger partial charge in [0.05, 0.1) is 6.61 Å². The van der Waals surface area contributed by atoms with Crippen LogP contribution in [-0.4, -0.2) is 18.0 Å². The first kappa shape index (κ1) is 32.6. The van der Waals surface area contributed by atoms with Crippen LogP contribution in [0.2, 0.25) is 0 Å². The van der Waals surface area contributed by atoms with E-state index in [2.05, 4.69) is 0 Å². The molecule has 1 aromatic carbocycles. The summed E-state index contributed by atoms with van der Waals surface area (Å²) in [5.74, 6) is 0. The van der Waals surface area contributed by atoms with Crippen LogP contribution in [0.4, 0.5) is 0 Å². The molecule has 179 valence electrons. The average Bonchev–Trinajstić information content (AvgIpc) is 2.55. The summed E-state index contributed by atoms with van der Waals surface area (Å²) in [6.07, 6.45) is 0.0494. The van der Waals surface area contributed by atoms with Gasteiger partial charge in [0.15, 0.2) is 13.0 Å². The first-order valence-corrected chi connectivity index (χ1v) is 13.3. The average molecular weight is 736 g/mol. The lowest BCUT2D eigenvalue weighted by Crippen LogP contribution is -2.36. The van der Waals surface area contributed by atoms with E-state index < -0.39 is 31.0 Å². The lowest BCUT2D eigenvalue weighted by molar-refractivity contribution is 0.189. The summed E-state index contributed by atoms with van der Waals surface area (Å²) in [6, 6.07) is 2.44. The fourth-order valence-corrected chi connectivity index (χ4v) is 4.23. The summed E-state index contributed by atoms with van der Waals surface area (Å²) in [5, 5.41) is 11.2. The van der Waals surface area contributed by atoms with Gasteiger partial charge in [0.2, 0.25) is 11.4 Å². The Bertz CT molecular complexity index is 738. The number of benzene rings is 1. The Morgan fingerprint density at radius 1 is 0.548 bits per heavy atom. The van der Waals surface area contributed by atoms with Crippen LogP contribution in [0.1, 0.15) is 28.7 Å². The minimum absolute atomic E-state index is 0.0103. The first-order valence-electron chi connectivity index (χ1n) is 7.63. The molecule has 1 radical (unpaired) electrons. The van der Waals surface area contributed by atoms with Crippen molar-refractivity contribution in [1.82, 2.24) is 0 Å². The van der Waals surface area contributed by atoms with Crippen LogP contribution in [0.15, 0.2) is 12.1 Å². The number of hydrogen-bond acceptors (Lipinski definition) is 0. The largest absolute Gasteiger partial charge is 0.237 e. The van der Waals surface area contributed by atoms with Crippen molar-refractivity contribution in [3.8, 4) is 0 Å². The van der Waals surface area contributed by atoms with Gasteiger partial charge < -0.3 is 0 Å². The van der Waals surface area contributed by atoms with Crippen molar-refractivity contribution in [2.24, 2.45) is 0 Å².